The summed E-state index contributed by atoms with van der Waals surface area (Å²) in [5.74, 6) is -0.565. The van der Waals surface area contributed by atoms with Crippen molar-refractivity contribution in [2.24, 2.45) is 0 Å². The van der Waals surface area contributed by atoms with Crippen LogP contribution in [0.25, 0.3) is 6.08 Å². The van der Waals surface area contributed by atoms with Gasteiger partial charge >= 0.3 is 5.97 Å². The van der Waals surface area contributed by atoms with Gasteiger partial charge in [0, 0.05) is 61.8 Å². The summed E-state index contributed by atoms with van der Waals surface area (Å²) in [5.41, 5.74) is 3.58. The first-order valence-electron chi connectivity index (χ1n) is 10.8. The smallest absolute Gasteiger partial charge is 0.340 e. The number of carbonyl (C=O) groups excluding carboxylic acids is 3. The molecule has 9 heteroatoms. The van der Waals surface area contributed by atoms with Gasteiger partial charge in [-0.3, -0.25) is 9.59 Å². The summed E-state index contributed by atoms with van der Waals surface area (Å²) in [6.45, 7) is 12.0. The van der Waals surface area contributed by atoms with Crippen molar-refractivity contribution in [3.63, 3.8) is 0 Å². The molecule has 0 atom stereocenters. The van der Waals surface area contributed by atoms with E-state index >= 15 is 0 Å². The molecule has 1 saturated heterocycles. The van der Waals surface area contributed by atoms with Gasteiger partial charge in [0.2, 0.25) is 11.7 Å². The van der Waals surface area contributed by atoms with Crippen molar-refractivity contribution in [2.45, 2.75) is 41.2 Å². The van der Waals surface area contributed by atoms with Crippen LogP contribution in [0.2, 0.25) is 0 Å². The Morgan fingerprint density at radius 1 is 1.06 bits per heavy atom. The van der Waals surface area contributed by atoms with Crippen molar-refractivity contribution in [1.29, 1.82) is 0 Å². The van der Waals surface area contributed by atoms with E-state index in [-0.39, 0.29) is 30.2 Å². The van der Waals surface area contributed by atoms with E-state index in [4.69, 9.17) is 9.26 Å². The van der Waals surface area contributed by atoms with Crippen molar-refractivity contribution in [3.05, 3.63) is 46.1 Å². The van der Waals surface area contributed by atoms with E-state index in [2.05, 4.69) is 5.16 Å². The molecule has 0 bridgehead atoms. The predicted octanol–water partition coefficient (Wildman–Crippen LogP) is 2.60. The first kappa shape index (κ1) is 23.3. The third-order valence-corrected chi connectivity index (χ3v) is 5.74. The number of aromatic nitrogens is 2. The number of amides is 2. The Hall–Kier alpha value is -3.36. The molecule has 2 aromatic heterocycles. The van der Waals surface area contributed by atoms with E-state index in [1.54, 1.807) is 35.8 Å². The fraction of sp³-hybridized carbons (Fsp3) is 0.478. The van der Waals surface area contributed by atoms with Crippen LogP contribution in [0.4, 0.5) is 0 Å². The van der Waals surface area contributed by atoms with Gasteiger partial charge in [0.05, 0.1) is 17.9 Å². The van der Waals surface area contributed by atoms with E-state index in [1.165, 1.54) is 6.08 Å². The molecule has 0 unspecified atom stereocenters. The summed E-state index contributed by atoms with van der Waals surface area (Å²) in [5, 5.41) is 3.75. The monoisotopic (exact) mass is 442 g/mol. The summed E-state index contributed by atoms with van der Waals surface area (Å²) in [4.78, 5) is 41.1. The second-order valence-electron chi connectivity index (χ2n) is 7.71. The zero-order valence-electron chi connectivity index (χ0n) is 19.3. The third-order valence-electron chi connectivity index (χ3n) is 5.74. The molecule has 9 nitrogen and oxygen atoms in total. The number of rotatable bonds is 6. The molecule has 0 aromatic carbocycles. The van der Waals surface area contributed by atoms with Crippen LogP contribution in [-0.4, -0.2) is 70.1 Å². The molecule has 2 amide bonds. The number of esters is 1. The van der Waals surface area contributed by atoms with Gasteiger partial charge in [0.15, 0.2) is 0 Å². The lowest BCUT2D eigenvalue weighted by Crippen LogP contribution is -2.50. The van der Waals surface area contributed by atoms with Crippen LogP contribution in [0.5, 0.6) is 0 Å². The minimum atomic E-state index is -0.387. The van der Waals surface area contributed by atoms with Gasteiger partial charge in [-0.2, -0.15) is 0 Å². The van der Waals surface area contributed by atoms with Gasteiger partial charge in [-0.15, -0.1) is 0 Å². The number of hydrogen-bond donors (Lipinski definition) is 0. The highest BCUT2D eigenvalue weighted by Crippen LogP contribution is 2.25. The van der Waals surface area contributed by atoms with Crippen molar-refractivity contribution in [1.82, 2.24) is 19.5 Å². The maximum absolute atomic E-state index is 12.8. The fourth-order valence-corrected chi connectivity index (χ4v) is 4.06. The Bertz CT molecular complexity index is 1040. The standard InChI is InChI=1S/C23H30N4O5/c1-6-27-16(4)18(21(17(27)5)23(30)31-7-2)8-9-20(28)25-10-12-26(13-11-25)22(29)19-14-15(3)24-32-19/h8-9,14H,6-7,10-13H2,1-5H3/b9-8+. The van der Waals surface area contributed by atoms with Gasteiger partial charge in [0.25, 0.3) is 5.91 Å². The Balaban J connectivity index is 1.70. The van der Waals surface area contributed by atoms with Gasteiger partial charge in [-0.25, -0.2) is 4.79 Å². The third kappa shape index (κ3) is 4.61. The normalized spacial score (nSPS) is 14.3. The van der Waals surface area contributed by atoms with Gasteiger partial charge in [-0.1, -0.05) is 5.16 Å². The maximum Gasteiger partial charge on any atom is 0.340 e. The summed E-state index contributed by atoms with van der Waals surface area (Å²) >= 11 is 0. The van der Waals surface area contributed by atoms with Crippen LogP contribution in [0, 0.1) is 20.8 Å². The quantitative estimate of drug-likeness (QED) is 0.504. The van der Waals surface area contributed by atoms with Crippen LogP contribution < -0.4 is 0 Å². The Morgan fingerprint density at radius 3 is 2.28 bits per heavy atom. The van der Waals surface area contributed by atoms with Crippen LogP contribution >= 0.6 is 0 Å². The Kier molecular flexibility index (Phi) is 7.17. The van der Waals surface area contributed by atoms with Crippen LogP contribution in [0.1, 0.15) is 57.4 Å². The molecule has 0 saturated carbocycles. The van der Waals surface area contributed by atoms with E-state index < -0.39 is 0 Å². The molecular formula is C23H30N4O5. The van der Waals surface area contributed by atoms with Crippen LogP contribution in [0.3, 0.4) is 0 Å². The van der Waals surface area contributed by atoms with Crippen molar-refractivity contribution >= 4 is 23.9 Å². The number of aryl methyl sites for hydroxylation is 1. The zero-order chi connectivity index (χ0) is 23.4. The lowest BCUT2D eigenvalue weighted by atomic mass is 10.1. The molecule has 2 aromatic rings. The topological polar surface area (TPSA) is 97.9 Å². The molecular weight excluding hydrogens is 412 g/mol. The van der Waals surface area contributed by atoms with E-state index in [1.807, 2.05) is 25.3 Å². The molecule has 0 aliphatic carbocycles. The number of nitrogens with zero attached hydrogens (tertiary/aromatic N) is 4. The molecule has 0 N–H and O–H groups in total. The molecule has 3 rings (SSSR count). The van der Waals surface area contributed by atoms with Crippen LogP contribution in [-0.2, 0) is 16.1 Å². The fourth-order valence-electron chi connectivity index (χ4n) is 4.06. The van der Waals surface area contributed by atoms with Crippen LogP contribution in [0.15, 0.2) is 16.7 Å². The van der Waals surface area contributed by atoms with E-state index in [0.29, 0.717) is 49.5 Å². The first-order chi connectivity index (χ1) is 15.3. The number of ether oxygens (including phenoxy) is 1. The highest BCUT2D eigenvalue weighted by molar-refractivity contribution is 5.99. The Labute approximate surface area is 187 Å². The van der Waals surface area contributed by atoms with Crippen molar-refractivity contribution in [3.8, 4) is 0 Å². The molecule has 0 spiro atoms. The molecule has 1 aliphatic heterocycles. The number of hydrogen-bond acceptors (Lipinski definition) is 6. The number of carbonyl (C=O) groups is 3. The average molecular weight is 443 g/mol. The average Bonchev–Trinajstić information content (AvgIpc) is 3.32. The Morgan fingerprint density at radius 2 is 1.72 bits per heavy atom. The molecule has 32 heavy (non-hydrogen) atoms. The zero-order valence-corrected chi connectivity index (χ0v) is 19.3. The van der Waals surface area contributed by atoms with Gasteiger partial charge in [0.1, 0.15) is 0 Å². The lowest BCUT2D eigenvalue weighted by Gasteiger charge is -2.33. The van der Waals surface area contributed by atoms with Gasteiger partial charge < -0.3 is 23.6 Å². The SMILES string of the molecule is CCOC(=O)c1c(/C=C/C(=O)N2CCN(C(=O)c3cc(C)no3)CC2)c(C)n(CC)c1C. The summed E-state index contributed by atoms with van der Waals surface area (Å²) in [6.07, 6.45) is 3.18. The molecule has 1 fully saturated rings. The minimum absolute atomic E-state index is 0.163. The molecule has 1 aliphatic rings. The van der Waals surface area contributed by atoms with Crippen molar-refractivity contribution < 1.29 is 23.6 Å². The summed E-state index contributed by atoms with van der Waals surface area (Å²) < 4.78 is 12.3. The van der Waals surface area contributed by atoms with E-state index in [9.17, 15) is 14.4 Å². The summed E-state index contributed by atoms with van der Waals surface area (Å²) in [7, 11) is 0. The second-order valence-corrected chi connectivity index (χ2v) is 7.71. The second kappa shape index (κ2) is 9.84. The maximum atomic E-state index is 12.8. The molecule has 0 radical (unpaired) electrons. The van der Waals surface area contributed by atoms with Gasteiger partial charge in [-0.05, 0) is 40.7 Å². The highest BCUT2D eigenvalue weighted by atomic mass is 16.5. The predicted molar refractivity (Wildman–Crippen MR) is 118 cm³/mol. The number of piperazine rings is 1. The molecule has 3 heterocycles. The highest BCUT2D eigenvalue weighted by Gasteiger charge is 2.27. The van der Waals surface area contributed by atoms with Crippen molar-refractivity contribution in [2.75, 3.05) is 32.8 Å². The molecule has 172 valence electrons. The largest absolute Gasteiger partial charge is 0.462 e. The first-order valence-corrected chi connectivity index (χ1v) is 10.8. The lowest BCUT2D eigenvalue weighted by molar-refractivity contribution is -0.127. The summed E-state index contributed by atoms with van der Waals surface area (Å²) in [6, 6.07) is 1.61. The van der Waals surface area contributed by atoms with E-state index in [0.717, 1.165) is 11.4 Å². The minimum Gasteiger partial charge on any atom is -0.462 e.